The van der Waals surface area contributed by atoms with Crippen LogP contribution in [0.1, 0.15) is 59.3 Å². The molecular formula is C20H27N3O2. The molecule has 0 aliphatic carbocycles. The monoisotopic (exact) mass is 341 g/mol. The first-order chi connectivity index (χ1) is 11.9. The van der Waals surface area contributed by atoms with Gasteiger partial charge in [-0.2, -0.15) is 0 Å². The molecule has 1 amide bonds. The molecule has 0 spiro atoms. The molecule has 2 aromatic rings. The van der Waals surface area contributed by atoms with E-state index in [2.05, 4.69) is 22.1 Å². The average Bonchev–Trinajstić information content (AvgIpc) is 2.91. The van der Waals surface area contributed by atoms with Crippen molar-refractivity contribution in [3.8, 4) is 0 Å². The van der Waals surface area contributed by atoms with E-state index < -0.39 is 0 Å². The van der Waals surface area contributed by atoms with Gasteiger partial charge in [0.15, 0.2) is 5.78 Å². The van der Waals surface area contributed by atoms with Gasteiger partial charge in [0, 0.05) is 36.2 Å². The highest BCUT2D eigenvalue weighted by Gasteiger charge is 2.22. The topological polar surface area (TPSA) is 65.2 Å². The van der Waals surface area contributed by atoms with Gasteiger partial charge >= 0.3 is 0 Å². The fourth-order valence-corrected chi connectivity index (χ4v) is 3.04. The molecule has 2 N–H and O–H groups in total. The Bertz CT molecular complexity index is 777. The average molecular weight is 341 g/mol. The first kappa shape index (κ1) is 18.8. The Hall–Kier alpha value is -2.56. The summed E-state index contributed by atoms with van der Waals surface area (Å²) in [6, 6.07) is 7.74. The van der Waals surface area contributed by atoms with Crippen LogP contribution in [-0.2, 0) is 6.42 Å². The minimum absolute atomic E-state index is 0.0113. The largest absolute Gasteiger partial charge is 0.375 e. The van der Waals surface area contributed by atoms with E-state index in [9.17, 15) is 9.59 Å². The van der Waals surface area contributed by atoms with Crippen LogP contribution in [0.2, 0.25) is 0 Å². The number of rotatable bonds is 7. The molecule has 0 radical (unpaired) electrons. The number of aromatic amines is 1. The second kappa shape index (κ2) is 8.01. The van der Waals surface area contributed by atoms with Crippen LogP contribution in [-0.4, -0.2) is 30.3 Å². The van der Waals surface area contributed by atoms with E-state index >= 15 is 0 Å². The van der Waals surface area contributed by atoms with Crippen molar-refractivity contribution < 1.29 is 9.59 Å². The van der Waals surface area contributed by atoms with Gasteiger partial charge in [-0.1, -0.05) is 19.4 Å². The van der Waals surface area contributed by atoms with E-state index in [4.69, 9.17) is 0 Å². The summed E-state index contributed by atoms with van der Waals surface area (Å²) in [5.41, 5.74) is 4.47. The van der Waals surface area contributed by atoms with Gasteiger partial charge < -0.3 is 15.2 Å². The highest BCUT2D eigenvalue weighted by Crippen LogP contribution is 2.24. The van der Waals surface area contributed by atoms with Crippen LogP contribution in [0.4, 0.5) is 11.4 Å². The maximum Gasteiger partial charge on any atom is 0.272 e. The normalized spacial score (nSPS) is 10.6. The number of nitrogens with zero attached hydrogens (tertiary/aromatic N) is 1. The Morgan fingerprint density at radius 3 is 2.56 bits per heavy atom. The molecule has 1 aromatic carbocycles. The number of H-pyrrole nitrogens is 1. The van der Waals surface area contributed by atoms with Crippen LogP contribution in [0.25, 0.3) is 0 Å². The van der Waals surface area contributed by atoms with Gasteiger partial charge in [-0.05, 0) is 51.0 Å². The number of carbonyl (C=O) groups is 2. The number of anilines is 2. The zero-order chi connectivity index (χ0) is 18.6. The number of hydrogen-bond acceptors (Lipinski definition) is 3. The van der Waals surface area contributed by atoms with E-state index in [-0.39, 0.29) is 11.7 Å². The molecular weight excluding hydrogens is 314 g/mol. The smallest absolute Gasteiger partial charge is 0.272 e. The third-order valence-electron chi connectivity index (χ3n) is 4.39. The molecule has 2 rings (SSSR count). The Balaban J connectivity index is 2.33. The van der Waals surface area contributed by atoms with E-state index in [1.54, 1.807) is 6.92 Å². The number of aryl methyl sites for hydroxylation is 1. The number of Topliss-reactive ketones (excluding diaryl/α,β-unsaturated/α-hetero) is 1. The molecule has 1 aromatic heterocycles. The van der Waals surface area contributed by atoms with Crippen LogP contribution in [0.3, 0.4) is 0 Å². The summed E-state index contributed by atoms with van der Waals surface area (Å²) in [5.74, 6) is -0.224. The Kier molecular flexibility index (Phi) is 6.02. The van der Waals surface area contributed by atoms with Crippen molar-refractivity contribution in [1.29, 1.82) is 0 Å². The zero-order valence-electron chi connectivity index (χ0n) is 15.7. The Labute approximate surface area is 149 Å². The maximum atomic E-state index is 12.8. The highest BCUT2D eigenvalue weighted by atomic mass is 16.2. The molecule has 0 unspecified atom stereocenters. The van der Waals surface area contributed by atoms with Crippen molar-refractivity contribution in [1.82, 2.24) is 4.98 Å². The lowest BCUT2D eigenvalue weighted by molar-refractivity contribution is 0.101. The molecule has 0 atom stereocenters. The summed E-state index contributed by atoms with van der Waals surface area (Å²) in [6.45, 7) is 8.38. The summed E-state index contributed by atoms with van der Waals surface area (Å²) in [6.07, 6.45) is 1.56. The molecule has 0 aliphatic rings. The van der Waals surface area contributed by atoms with Crippen molar-refractivity contribution in [3.05, 3.63) is 46.8 Å². The minimum Gasteiger partial charge on any atom is -0.375 e. The second-order valence-corrected chi connectivity index (χ2v) is 6.30. The zero-order valence-corrected chi connectivity index (χ0v) is 15.7. The maximum absolute atomic E-state index is 12.8. The van der Waals surface area contributed by atoms with Crippen molar-refractivity contribution in [2.75, 3.05) is 23.8 Å². The van der Waals surface area contributed by atoms with E-state index in [0.717, 1.165) is 35.6 Å². The van der Waals surface area contributed by atoms with Gasteiger partial charge in [0.05, 0.1) is 0 Å². The fraction of sp³-hybridized carbons (Fsp3) is 0.400. The van der Waals surface area contributed by atoms with Crippen LogP contribution in [0.5, 0.6) is 0 Å². The highest BCUT2D eigenvalue weighted by molar-refractivity contribution is 6.07. The van der Waals surface area contributed by atoms with E-state index in [1.807, 2.05) is 45.2 Å². The third kappa shape index (κ3) is 4.10. The lowest BCUT2D eigenvalue weighted by Crippen LogP contribution is -2.17. The predicted octanol–water partition coefficient (Wildman–Crippen LogP) is 4.19. The molecule has 5 nitrogen and oxygen atoms in total. The molecule has 0 saturated carbocycles. The fourth-order valence-electron chi connectivity index (χ4n) is 3.04. The van der Waals surface area contributed by atoms with E-state index in [0.29, 0.717) is 17.7 Å². The molecule has 0 aliphatic heterocycles. The summed E-state index contributed by atoms with van der Waals surface area (Å²) in [5, 5.41) is 2.95. The molecule has 0 bridgehead atoms. The Morgan fingerprint density at radius 2 is 1.96 bits per heavy atom. The first-order valence-electron chi connectivity index (χ1n) is 8.73. The van der Waals surface area contributed by atoms with Crippen LogP contribution in [0.15, 0.2) is 24.3 Å². The summed E-state index contributed by atoms with van der Waals surface area (Å²) in [4.78, 5) is 29.9. The number of nitrogens with one attached hydrogen (secondary N) is 2. The van der Waals surface area contributed by atoms with E-state index in [1.165, 1.54) is 0 Å². The van der Waals surface area contributed by atoms with Gasteiger partial charge in [-0.25, -0.2) is 0 Å². The molecule has 5 heteroatoms. The van der Waals surface area contributed by atoms with Crippen molar-refractivity contribution in [2.24, 2.45) is 0 Å². The SMILES string of the molecule is CCCc1c(C(=O)Nc2cccc(N(C)CC)c2)[nH]c(C)c1C(C)=O. The molecule has 0 fully saturated rings. The van der Waals surface area contributed by atoms with Gasteiger partial charge in [0.25, 0.3) is 5.91 Å². The van der Waals surface area contributed by atoms with Gasteiger partial charge in [0.2, 0.25) is 0 Å². The van der Waals surface area contributed by atoms with Gasteiger partial charge in [-0.3, -0.25) is 9.59 Å². The molecule has 0 saturated heterocycles. The van der Waals surface area contributed by atoms with Crippen molar-refractivity contribution in [2.45, 2.75) is 40.5 Å². The molecule has 25 heavy (non-hydrogen) atoms. The number of carbonyl (C=O) groups excluding carboxylic acids is 2. The summed E-state index contributed by atoms with van der Waals surface area (Å²) in [7, 11) is 2.01. The molecule has 1 heterocycles. The number of amides is 1. The van der Waals surface area contributed by atoms with Crippen LogP contribution < -0.4 is 10.2 Å². The van der Waals surface area contributed by atoms with Crippen molar-refractivity contribution >= 4 is 23.1 Å². The quantitative estimate of drug-likeness (QED) is 0.742. The summed E-state index contributed by atoms with van der Waals surface area (Å²) >= 11 is 0. The van der Waals surface area contributed by atoms with Crippen molar-refractivity contribution in [3.63, 3.8) is 0 Å². The second-order valence-electron chi connectivity index (χ2n) is 6.30. The van der Waals surface area contributed by atoms with Crippen LogP contribution >= 0.6 is 0 Å². The number of aromatic nitrogens is 1. The summed E-state index contributed by atoms with van der Waals surface area (Å²) < 4.78 is 0. The van der Waals surface area contributed by atoms with Gasteiger partial charge in [-0.15, -0.1) is 0 Å². The predicted molar refractivity (Wildman–Crippen MR) is 103 cm³/mol. The number of hydrogen-bond donors (Lipinski definition) is 2. The van der Waals surface area contributed by atoms with Crippen LogP contribution in [0, 0.1) is 6.92 Å². The third-order valence-corrected chi connectivity index (χ3v) is 4.39. The van der Waals surface area contributed by atoms with Gasteiger partial charge in [0.1, 0.15) is 5.69 Å². The number of ketones is 1. The minimum atomic E-state index is -0.213. The lowest BCUT2D eigenvalue weighted by Gasteiger charge is -2.17. The standard InChI is InChI=1S/C20H27N3O2/c1-6-9-17-18(14(4)24)13(3)21-19(17)20(25)22-15-10-8-11-16(12-15)23(5)7-2/h8,10-12,21H,6-7,9H2,1-5H3,(H,22,25). The number of benzene rings is 1. The molecule has 134 valence electrons. The lowest BCUT2D eigenvalue weighted by atomic mass is 10.0. The first-order valence-corrected chi connectivity index (χ1v) is 8.73. The Morgan fingerprint density at radius 1 is 1.24 bits per heavy atom.